The fraction of sp³-hybridized carbons (Fsp3) is 0.353. The van der Waals surface area contributed by atoms with Crippen LogP contribution in [-0.2, 0) is 11.2 Å². The molecule has 3 nitrogen and oxygen atoms in total. The largest absolute Gasteiger partial charge is 0.326 e. The second-order valence-electron chi connectivity index (χ2n) is 5.22. The molecular formula is C17H20N2OS. The molecule has 0 aliphatic carbocycles. The van der Waals surface area contributed by atoms with Gasteiger partial charge in [0.25, 0.3) is 0 Å². The van der Waals surface area contributed by atoms with Gasteiger partial charge in [-0.2, -0.15) is 0 Å². The molecule has 1 aliphatic rings. The van der Waals surface area contributed by atoms with Gasteiger partial charge < -0.3 is 9.47 Å². The Balaban J connectivity index is 1.84. The molecule has 0 bridgehead atoms. The first-order valence-corrected chi connectivity index (χ1v) is 8.46. The molecule has 4 heteroatoms. The molecule has 2 aromatic rings. The molecule has 0 saturated carbocycles. The average molecular weight is 300 g/mol. The van der Waals surface area contributed by atoms with E-state index in [1.165, 1.54) is 11.1 Å². The van der Waals surface area contributed by atoms with Crippen LogP contribution in [0.25, 0.3) is 5.69 Å². The van der Waals surface area contributed by atoms with Crippen LogP contribution in [0.5, 0.6) is 0 Å². The molecule has 0 unspecified atom stereocenters. The third-order valence-corrected chi connectivity index (χ3v) is 5.21. The summed E-state index contributed by atoms with van der Waals surface area (Å²) < 4.78 is 2.13. The second kappa shape index (κ2) is 5.98. The number of aromatic nitrogens is 1. The molecule has 110 valence electrons. The zero-order valence-corrected chi connectivity index (χ0v) is 13.3. The maximum absolute atomic E-state index is 11.8. The number of nitrogens with zero attached hydrogens (tertiary/aromatic N) is 2. The van der Waals surface area contributed by atoms with Gasteiger partial charge in [-0.05, 0) is 37.1 Å². The van der Waals surface area contributed by atoms with Gasteiger partial charge in [0.15, 0.2) is 0 Å². The van der Waals surface area contributed by atoms with Crippen molar-refractivity contribution in [3.63, 3.8) is 0 Å². The fourth-order valence-corrected chi connectivity index (χ4v) is 3.94. The molecular weight excluding hydrogens is 280 g/mol. The van der Waals surface area contributed by atoms with E-state index < -0.39 is 0 Å². The zero-order chi connectivity index (χ0) is 14.8. The van der Waals surface area contributed by atoms with Crippen LogP contribution < -0.4 is 0 Å². The molecule has 2 heterocycles. The summed E-state index contributed by atoms with van der Waals surface area (Å²) >= 11 is 1.71. The van der Waals surface area contributed by atoms with Gasteiger partial charge in [-0.25, -0.2) is 0 Å². The van der Waals surface area contributed by atoms with Gasteiger partial charge in [-0.15, -0.1) is 11.8 Å². The average Bonchev–Trinajstić information content (AvgIpc) is 3.13. The van der Waals surface area contributed by atoms with Gasteiger partial charge in [-0.3, -0.25) is 4.79 Å². The van der Waals surface area contributed by atoms with Crippen molar-refractivity contribution in [3.05, 3.63) is 53.9 Å². The van der Waals surface area contributed by atoms with Crippen molar-refractivity contribution in [2.45, 2.75) is 25.6 Å². The number of aryl methyl sites for hydroxylation is 1. The van der Waals surface area contributed by atoms with E-state index in [1.807, 2.05) is 11.8 Å². The lowest BCUT2D eigenvalue weighted by molar-refractivity contribution is -0.127. The Morgan fingerprint density at radius 2 is 1.95 bits per heavy atom. The van der Waals surface area contributed by atoms with E-state index in [2.05, 4.69) is 54.2 Å². The van der Waals surface area contributed by atoms with E-state index >= 15 is 0 Å². The van der Waals surface area contributed by atoms with Crippen molar-refractivity contribution in [1.29, 1.82) is 0 Å². The second-order valence-corrected chi connectivity index (χ2v) is 6.28. The molecule has 0 spiro atoms. The highest BCUT2D eigenvalue weighted by Gasteiger charge is 2.31. The first kappa shape index (κ1) is 14.3. The number of rotatable bonds is 4. The summed E-state index contributed by atoms with van der Waals surface area (Å²) in [5.41, 5.74) is 3.71. The van der Waals surface area contributed by atoms with Crippen molar-refractivity contribution in [2.24, 2.45) is 0 Å². The van der Waals surface area contributed by atoms with Crippen molar-refractivity contribution >= 4 is 17.7 Å². The summed E-state index contributed by atoms with van der Waals surface area (Å²) in [5, 5.41) is 0.165. The Morgan fingerprint density at radius 1 is 1.19 bits per heavy atom. The molecule has 0 N–H and O–H groups in total. The lowest BCUT2D eigenvalue weighted by atomic mass is 10.1. The zero-order valence-electron chi connectivity index (χ0n) is 12.5. The maximum atomic E-state index is 11.8. The fourth-order valence-electron chi connectivity index (χ4n) is 2.70. The Bertz CT molecular complexity index is 632. The molecule has 3 rings (SSSR count). The van der Waals surface area contributed by atoms with Crippen LogP contribution in [-0.4, -0.2) is 27.7 Å². The number of benzene rings is 1. The molecule has 0 radical (unpaired) electrons. The summed E-state index contributed by atoms with van der Waals surface area (Å²) in [6, 6.07) is 10.7. The summed E-state index contributed by atoms with van der Waals surface area (Å²) in [7, 11) is 0. The Kier molecular flexibility index (Phi) is 4.06. The van der Waals surface area contributed by atoms with Crippen LogP contribution in [0.2, 0.25) is 0 Å². The smallest absolute Gasteiger partial charge is 0.233 e. The first-order chi connectivity index (χ1) is 10.2. The Morgan fingerprint density at radius 3 is 2.62 bits per heavy atom. The first-order valence-electron chi connectivity index (χ1n) is 7.41. The molecule has 1 aliphatic heterocycles. The highest BCUT2D eigenvalue weighted by molar-refractivity contribution is 8.00. The molecule has 1 saturated heterocycles. The van der Waals surface area contributed by atoms with Gasteiger partial charge in [0.2, 0.25) is 5.91 Å². The standard InChI is InChI=1S/C17H20N2OS/c1-3-13-5-7-15(8-6-13)18-10-9-14(11-18)17-19(4-2)16(20)12-21-17/h5-11,17H,3-4,12H2,1-2H3/t17-/m0/s1. The van der Waals surface area contributed by atoms with Crippen LogP contribution in [0.4, 0.5) is 0 Å². The third-order valence-electron chi connectivity index (χ3n) is 3.95. The van der Waals surface area contributed by atoms with Crippen molar-refractivity contribution < 1.29 is 4.79 Å². The number of amides is 1. The molecule has 1 amide bonds. The van der Waals surface area contributed by atoms with Crippen molar-refractivity contribution in [2.75, 3.05) is 12.3 Å². The van der Waals surface area contributed by atoms with Crippen LogP contribution in [0.15, 0.2) is 42.7 Å². The Hall–Kier alpha value is -1.68. The lowest BCUT2D eigenvalue weighted by Gasteiger charge is -2.21. The third kappa shape index (κ3) is 2.72. The Labute approximate surface area is 130 Å². The number of thioether (sulfide) groups is 1. The molecule has 1 atom stereocenters. The van der Waals surface area contributed by atoms with E-state index in [-0.39, 0.29) is 11.3 Å². The van der Waals surface area contributed by atoms with E-state index in [4.69, 9.17) is 0 Å². The van der Waals surface area contributed by atoms with Crippen LogP contribution in [0.3, 0.4) is 0 Å². The quantitative estimate of drug-likeness (QED) is 0.861. The maximum Gasteiger partial charge on any atom is 0.233 e. The number of carbonyl (C=O) groups is 1. The normalized spacial score (nSPS) is 18.5. The van der Waals surface area contributed by atoms with Crippen LogP contribution >= 0.6 is 11.8 Å². The minimum Gasteiger partial charge on any atom is -0.326 e. The van der Waals surface area contributed by atoms with E-state index in [9.17, 15) is 4.79 Å². The van der Waals surface area contributed by atoms with Gasteiger partial charge in [0.05, 0.1) is 5.75 Å². The highest BCUT2D eigenvalue weighted by atomic mass is 32.2. The molecule has 1 fully saturated rings. The minimum atomic E-state index is 0.165. The van der Waals surface area contributed by atoms with Crippen LogP contribution in [0, 0.1) is 0 Å². The monoisotopic (exact) mass is 300 g/mol. The van der Waals surface area contributed by atoms with Gasteiger partial charge in [-0.1, -0.05) is 19.1 Å². The summed E-state index contributed by atoms with van der Waals surface area (Å²) in [4.78, 5) is 13.8. The van der Waals surface area contributed by atoms with Gasteiger partial charge in [0.1, 0.15) is 5.37 Å². The number of hydrogen-bond acceptors (Lipinski definition) is 2. The molecule has 21 heavy (non-hydrogen) atoms. The number of hydrogen-bond donors (Lipinski definition) is 0. The summed E-state index contributed by atoms with van der Waals surface area (Å²) in [6.45, 7) is 4.97. The SMILES string of the molecule is CCc1ccc(-n2ccc([C@@H]3SCC(=O)N3CC)c2)cc1. The highest BCUT2D eigenvalue weighted by Crippen LogP contribution is 2.38. The topological polar surface area (TPSA) is 25.2 Å². The van der Waals surface area contributed by atoms with Crippen molar-refractivity contribution in [3.8, 4) is 5.69 Å². The van der Waals surface area contributed by atoms with E-state index in [1.54, 1.807) is 11.8 Å². The molecule has 1 aromatic carbocycles. The van der Waals surface area contributed by atoms with E-state index in [0.29, 0.717) is 5.75 Å². The minimum absolute atomic E-state index is 0.165. The lowest BCUT2D eigenvalue weighted by Crippen LogP contribution is -2.27. The summed E-state index contributed by atoms with van der Waals surface area (Å²) in [6.07, 6.45) is 5.27. The predicted molar refractivity (Wildman–Crippen MR) is 87.7 cm³/mol. The summed E-state index contributed by atoms with van der Waals surface area (Å²) in [5.74, 6) is 0.835. The number of carbonyl (C=O) groups excluding carboxylic acids is 1. The van der Waals surface area contributed by atoms with Gasteiger partial charge >= 0.3 is 0 Å². The predicted octanol–water partition coefficient (Wildman–Crippen LogP) is 3.63. The van der Waals surface area contributed by atoms with Crippen molar-refractivity contribution in [1.82, 2.24) is 9.47 Å². The molecule has 1 aromatic heterocycles. The van der Waals surface area contributed by atoms with Gasteiger partial charge in [0, 0.05) is 30.2 Å². The van der Waals surface area contributed by atoms with Crippen LogP contribution in [0.1, 0.15) is 30.3 Å². The van der Waals surface area contributed by atoms with E-state index in [0.717, 1.165) is 18.7 Å².